The van der Waals surface area contributed by atoms with Gasteiger partial charge in [-0.1, -0.05) is 18.6 Å². The Morgan fingerprint density at radius 2 is 2.00 bits per heavy atom. The standard InChI is InChI=1S/C16H26N2O/c1-3-19-15-9-7-8-14(12-15)16(13(2)17)18-10-5-4-6-11-18/h7-9,12-13,16H,3-6,10-11,17H2,1-2H3. The molecule has 19 heavy (non-hydrogen) atoms. The Labute approximate surface area is 116 Å². The van der Waals surface area contributed by atoms with Crippen molar-refractivity contribution in [1.82, 2.24) is 4.90 Å². The molecular weight excluding hydrogens is 236 g/mol. The molecule has 1 aliphatic heterocycles. The highest BCUT2D eigenvalue weighted by Crippen LogP contribution is 2.29. The number of nitrogens with zero attached hydrogens (tertiary/aromatic N) is 1. The molecule has 0 amide bonds. The predicted octanol–water partition coefficient (Wildman–Crippen LogP) is 2.96. The summed E-state index contributed by atoms with van der Waals surface area (Å²) >= 11 is 0. The van der Waals surface area contributed by atoms with Gasteiger partial charge in [0.2, 0.25) is 0 Å². The fourth-order valence-corrected chi connectivity index (χ4v) is 3.00. The van der Waals surface area contributed by atoms with Gasteiger partial charge in [-0.2, -0.15) is 0 Å². The van der Waals surface area contributed by atoms with E-state index in [2.05, 4.69) is 30.0 Å². The van der Waals surface area contributed by atoms with Crippen LogP contribution in [-0.4, -0.2) is 30.6 Å². The monoisotopic (exact) mass is 262 g/mol. The highest BCUT2D eigenvalue weighted by molar-refractivity contribution is 5.31. The first kappa shape index (κ1) is 14.4. The number of benzene rings is 1. The Kier molecular flexibility index (Phi) is 5.23. The molecule has 3 nitrogen and oxygen atoms in total. The van der Waals surface area contributed by atoms with Crippen molar-refractivity contribution in [2.75, 3.05) is 19.7 Å². The summed E-state index contributed by atoms with van der Waals surface area (Å²) in [7, 11) is 0. The molecule has 0 bridgehead atoms. The molecule has 106 valence electrons. The molecule has 1 saturated heterocycles. The van der Waals surface area contributed by atoms with E-state index in [9.17, 15) is 0 Å². The minimum atomic E-state index is 0.134. The molecule has 0 radical (unpaired) electrons. The fourth-order valence-electron chi connectivity index (χ4n) is 3.00. The van der Waals surface area contributed by atoms with Crippen molar-refractivity contribution in [3.63, 3.8) is 0 Å². The van der Waals surface area contributed by atoms with Gasteiger partial charge in [-0.05, 0) is 57.5 Å². The molecule has 0 aliphatic carbocycles. The van der Waals surface area contributed by atoms with Gasteiger partial charge < -0.3 is 10.5 Å². The van der Waals surface area contributed by atoms with Crippen LogP contribution in [0.4, 0.5) is 0 Å². The summed E-state index contributed by atoms with van der Waals surface area (Å²) in [5.74, 6) is 0.947. The van der Waals surface area contributed by atoms with Gasteiger partial charge in [0.15, 0.2) is 0 Å². The van der Waals surface area contributed by atoms with E-state index in [0.29, 0.717) is 12.6 Å². The van der Waals surface area contributed by atoms with Crippen LogP contribution in [0.5, 0.6) is 5.75 Å². The Balaban J connectivity index is 2.20. The van der Waals surface area contributed by atoms with Gasteiger partial charge in [0.05, 0.1) is 6.61 Å². The topological polar surface area (TPSA) is 38.5 Å². The second-order valence-electron chi connectivity index (χ2n) is 5.41. The van der Waals surface area contributed by atoms with E-state index >= 15 is 0 Å². The molecule has 2 unspecified atom stereocenters. The minimum absolute atomic E-state index is 0.134. The summed E-state index contributed by atoms with van der Waals surface area (Å²) < 4.78 is 5.60. The van der Waals surface area contributed by atoms with Crippen LogP contribution in [0.25, 0.3) is 0 Å². The van der Waals surface area contributed by atoms with E-state index in [0.717, 1.165) is 18.8 Å². The van der Waals surface area contributed by atoms with Gasteiger partial charge >= 0.3 is 0 Å². The molecule has 2 N–H and O–H groups in total. The zero-order valence-electron chi connectivity index (χ0n) is 12.1. The zero-order valence-corrected chi connectivity index (χ0v) is 12.1. The number of nitrogens with two attached hydrogens (primary N) is 1. The molecule has 1 aliphatic rings. The average Bonchev–Trinajstić information content (AvgIpc) is 2.40. The number of piperidine rings is 1. The first-order chi connectivity index (χ1) is 9.22. The third-order valence-corrected chi connectivity index (χ3v) is 3.79. The van der Waals surface area contributed by atoms with E-state index in [-0.39, 0.29) is 6.04 Å². The summed E-state index contributed by atoms with van der Waals surface area (Å²) in [5, 5.41) is 0. The molecule has 1 aromatic carbocycles. The summed E-state index contributed by atoms with van der Waals surface area (Å²) in [6.45, 7) is 7.14. The van der Waals surface area contributed by atoms with Crippen molar-refractivity contribution in [2.45, 2.75) is 45.2 Å². The molecule has 1 heterocycles. The fraction of sp³-hybridized carbons (Fsp3) is 0.625. The van der Waals surface area contributed by atoms with Crippen molar-refractivity contribution in [3.05, 3.63) is 29.8 Å². The van der Waals surface area contributed by atoms with E-state index in [1.165, 1.54) is 24.8 Å². The molecule has 1 aromatic rings. The second kappa shape index (κ2) is 6.92. The Morgan fingerprint density at radius 3 is 2.63 bits per heavy atom. The summed E-state index contributed by atoms with van der Waals surface area (Å²) in [6, 6.07) is 8.84. The van der Waals surface area contributed by atoms with E-state index in [4.69, 9.17) is 10.5 Å². The molecule has 2 rings (SSSR count). The van der Waals surface area contributed by atoms with Crippen LogP contribution in [0, 0.1) is 0 Å². The maximum absolute atomic E-state index is 6.24. The predicted molar refractivity (Wildman–Crippen MR) is 79.4 cm³/mol. The van der Waals surface area contributed by atoms with Crippen LogP contribution < -0.4 is 10.5 Å². The van der Waals surface area contributed by atoms with Crippen LogP contribution >= 0.6 is 0 Å². The molecule has 3 heteroatoms. The Morgan fingerprint density at radius 1 is 1.26 bits per heavy atom. The zero-order chi connectivity index (χ0) is 13.7. The number of hydrogen-bond donors (Lipinski definition) is 1. The van der Waals surface area contributed by atoms with Gasteiger partial charge in [0.1, 0.15) is 5.75 Å². The second-order valence-corrected chi connectivity index (χ2v) is 5.41. The maximum atomic E-state index is 6.24. The Bertz CT molecular complexity index is 386. The lowest BCUT2D eigenvalue weighted by Crippen LogP contribution is -2.42. The van der Waals surface area contributed by atoms with Crippen LogP contribution in [0.2, 0.25) is 0 Å². The van der Waals surface area contributed by atoms with E-state index in [1.54, 1.807) is 0 Å². The molecule has 2 atom stereocenters. The van der Waals surface area contributed by atoms with Crippen molar-refractivity contribution in [2.24, 2.45) is 5.73 Å². The first-order valence-corrected chi connectivity index (χ1v) is 7.44. The minimum Gasteiger partial charge on any atom is -0.494 e. The van der Waals surface area contributed by atoms with Crippen LogP contribution in [0.1, 0.15) is 44.7 Å². The molecule has 1 fully saturated rings. The van der Waals surface area contributed by atoms with Crippen LogP contribution in [0.15, 0.2) is 24.3 Å². The Hall–Kier alpha value is -1.06. The van der Waals surface area contributed by atoms with Crippen molar-refractivity contribution in [3.8, 4) is 5.75 Å². The lowest BCUT2D eigenvalue weighted by molar-refractivity contribution is 0.146. The van der Waals surface area contributed by atoms with Crippen LogP contribution in [-0.2, 0) is 0 Å². The van der Waals surface area contributed by atoms with Gasteiger partial charge in [-0.3, -0.25) is 4.90 Å². The maximum Gasteiger partial charge on any atom is 0.119 e. The number of ether oxygens (including phenoxy) is 1. The van der Waals surface area contributed by atoms with Crippen LogP contribution in [0.3, 0.4) is 0 Å². The summed E-state index contributed by atoms with van der Waals surface area (Å²) in [5.41, 5.74) is 7.52. The van der Waals surface area contributed by atoms with Gasteiger partial charge in [-0.25, -0.2) is 0 Å². The highest BCUT2D eigenvalue weighted by atomic mass is 16.5. The summed E-state index contributed by atoms with van der Waals surface area (Å²) in [6.07, 6.45) is 3.92. The van der Waals surface area contributed by atoms with Crippen molar-refractivity contribution >= 4 is 0 Å². The third kappa shape index (κ3) is 3.71. The largest absolute Gasteiger partial charge is 0.494 e. The van der Waals surface area contributed by atoms with E-state index < -0.39 is 0 Å². The summed E-state index contributed by atoms with van der Waals surface area (Å²) in [4.78, 5) is 2.53. The average molecular weight is 262 g/mol. The van der Waals surface area contributed by atoms with Gasteiger partial charge in [-0.15, -0.1) is 0 Å². The SMILES string of the molecule is CCOc1cccc(C(C(C)N)N2CCCCC2)c1. The lowest BCUT2D eigenvalue weighted by atomic mass is 9.96. The number of likely N-dealkylation sites (tertiary alicyclic amines) is 1. The molecule has 0 spiro atoms. The number of hydrogen-bond acceptors (Lipinski definition) is 3. The van der Waals surface area contributed by atoms with E-state index in [1.807, 2.05) is 13.0 Å². The quantitative estimate of drug-likeness (QED) is 0.886. The van der Waals surface area contributed by atoms with Crippen molar-refractivity contribution in [1.29, 1.82) is 0 Å². The third-order valence-electron chi connectivity index (χ3n) is 3.79. The smallest absolute Gasteiger partial charge is 0.119 e. The normalized spacial score (nSPS) is 19.9. The molecular formula is C16H26N2O. The molecule has 0 saturated carbocycles. The highest BCUT2D eigenvalue weighted by Gasteiger charge is 2.25. The van der Waals surface area contributed by atoms with Gasteiger partial charge in [0.25, 0.3) is 0 Å². The van der Waals surface area contributed by atoms with Gasteiger partial charge in [0, 0.05) is 12.1 Å². The molecule has 0 aromatic heterocycles. The first-order valence-electron chi connectivity index (χ1n) is 7.44. The lowest BCUT2D eigenvalue weighted by Gasteiger charge is -2.37. The van der Waals surface area contributed by atoms with Crippen molar-refractivity contribution < 1.29 is 4.74 Å². The number of rotatable bonds is 5.